The Morgan fingerprint density at radius 3 is 2.57 bits per heavy atom. The molecule has 0 unspecified atom stereocenters. The Kier molecular flexibility index (Phi) is 8.05. The Bertz CT molecular complexity index is 1240. The summed E-state index contributed by atoms with van der Waals surface area (Å²) in [5, 5.41) is 3.19. The zero-order chi connectivity index (χ0) is 24.8. The fourth-order valence-corrected chi connectivity index (χ4v) is 4.79. The molecule has 0 spiro atoms. The molecule has 1 fully saturated rings. The van der Waals surface area contributed by atoms with Gasteiger partial charge in [-0.15, -0.1) is 0 Å². The van der Waals surface area contributed by atoms with Crippen LogP contribution in [0.15, 0.2) is 77.8 Å². The van der Waals surface area contributed by atoms with Gasteiger partial charge < -0.3 is 10.1 Å². The fraction of sp³-hybridized carbons (Fsp3) is 0.192. The number of benzene rings is 3. The molecule has 1 atom stereocenters. The highest BCUT2D eigenvalue weighted by molar-refractivity contribution is 8.15. The number of nitrogens with one attached hydrogen (secondary N) is 1. The van der Waals surface area contributed by atoms with Crippen molar-refractivity contribution in [3.8, 4) is 5.75 Å². The fourth-order valence-electron chi connectivity index (χ4n) is 3.54. The van der Waals surface area contributed by atoms with Gasteiger partial charge >= 0.3 is 0 Å². The quantitative estimate of drug-likeness (QED) is 0.442. The Balaban J connectivity index is 1.55. The number of halogens is 2. The molecule has 0 bridgehead atoms. The van der Waals surface area contributed by atoms with Crippen molar-refractivity contribution in [2.45, 2.75) is 18.1 Å². The van der Waals surface area contributed by atoms with Gasteiger partial charge in [-0.2, -0.15) is 0 Å². The first-order valence-electron chi connectivity index (χ1n) is 10.9. The van der Waals surface area contributed by atoms with E-state index in [0.717, 1.165) is 5.56 Å². The van der Waals surface area contributed by atoms with E-state index in [1.165, 1.54) is 31.0 Å². The molecule has 1 aliphatic rings. The average molecular weight is 512 g/mol. The smallest absolute Gasteiger partial charge is 0.238 e. The maximum atomic E-state index is 13.3. The van der Waals surface area contributed by atoms with Gasteiger partial charge in [0.2, 0.25) is 11.8 Å². The van der Waals surface area contributed by atoms with Crippen LogP contribution in [-0.2, 0) is 16.0 Å². The summed E-state index contributed by atoms with van der Waals surface area (Å²) < 4.78 is 18.6. The molecule has 4 rings (SSSR count). The normalized spacial score (nSPS) is 16.9. The number of carbonyl (C=O) groups is 2. The maximum Gasteiger partial charge on any atom is 0.238 e. The van der Waals surface area contributed by atoms with Crippen molar-refractivity contribution in [3.63, 3.8) is 0 Å². The molecule has 6 nitrogen and oxygen atoms in total. The van der Waals surface area contributed by atoms with E-state index in [4.69, 9.17) is 16.3 Å². The highest BCUT2D eigenvalue weighted by atomic mass is 35.5. The molecule has 1 saturated heterocycles. The lowest BCUT2D eigenvalue weighted by Crippen LogP contribution is -2.46. The topological polar surface area (TPSA) is 71.0 Å². The molecule has 180 valence electrons. The lowest BCUT2D eigenvalue weighted by atomic mass is 10.1. The summed E-state index contributed by atoms with van der Waals surface area (Å²) in [6.45, 7) is 0.352. The molecule has 0 radical (unpaired) electrons. The second-order valence-corrected chi connectivity index (χ2v) is 9.40. The number of hydrogen-bond acceptors (Lipinski definition) is 5. The van der Waals surface area contributed by atoms with Crippen LogP contribution in [0.5, 0.6) is 5.75 Å². The number of aliphatic imine (C=N–C) groups is 1. The van der Waals surface area contributed by atoms with Gasteiger partial charge in [0.05, 0.1) is 18.5 Å². The van der Waals surface area contributed by atoms with Gasteiger partial charge in [0, 0.05) is 18.0 Å². The Morgan fingerprint density at radius 1 is 1.14 bits per heavy atom. The predicted molar refractivity (Wildman–Crippen MR) is 138 cm³/mol. The van der Waals surface area contributed by atoms with E-state index in [2.05, 4.69) is 10.3 Å². The van der Waals surface area contributed by atoms with Crippen LogP contribution in [0, 0.1) is 5.82 Å². The first-order chi connectivity index (χ1) is 16.9. The number of para-hydroxylation sites is 2. The van der Waals surface area contributed by atoms with E-state index in [0.29, 0.717) is 40.3 Å². The summed E-state index contributed by atoms with van der Waals surface area (Å²) in [6, 6.07) is 20.2. The molecule has 0 saturated carbocycles. The number of anilines is 1. The number of amidine groups is 1. The number of methoxy groups -OCH3 is 1. The molecular formula is C26H23ClFN3O3S. The van der Waals surface area contributed by atoms with Gasteiger partial charge in [-0.1, -0.05) is 47.6 Å². The molecule has 35 heavy (non-hydrogen) atoms. The summed E-state index contributed by atoms with van der Waals surface area (Å²) in [6.07, 6.45) is 0.541. The van der Waals surface area contributed by atoms with E-state index in [1.54, 1.807) is 59.5 Å². The second-order valence-electron chi connectivity index (χ2n) is 7.79. The highest BCUT2D eigenvalue weighted by Crippen LogP contribution is 2.31. The van der Waals surface area contributed by atoms with E-state index < -0.39 is 5.25 Å². The summed E-state index contributed by atoms with van der Waals surface area (Å²) in [4.78, 5) is 32.5. The van der Waals surface area contributed by atoms with Gasteiger partial charge in [-0.25, -0.2) is 9.38 Å². The van der Waals surface area contributed by atoms with Gasteiger partial charge in [-0.05, 0) is 60.5 Å². The van der Waals surface area contributed by atoms with Gasteiger partial charge in [0.1, 0.15) is 16.8 Å². The lowest BCUT2D eigenvalue weighted by Gasteiger charge is -2.32. The number of carbonyl (C=O) groups excluding carboxylic acids is 2. The zero-order valence-corrected chi connectivity index (χ0v) is 20.5. The second kappa shape index (κ2) is 11.4. The molecule has 2 amide bonds. The molecular weight excluding hydrogens is 489 g/mol. The average Bonchev–Trinajstić information content (AvgIpc) is 2.86. The Hall–Kier alpha value is -3.36. The standard InChI is InChI=1S/C26H23ClFN3O3S/c1-34-22-5-3-2-4-21(22)30-25(33)23-16-24(32)31(15-14-17-6-10-19(28)11-7-17)26(35-23)29-20-12-8-18(27)9-13-20/h2-13,23H,14-16H2,1H3,(H,30,33)/t23-/m1/s1. The highest BCUT2D eigenvalue weighted by Gasteiger charge is 2.36. The number of ether oxygens (including phenoxy) is 1. The van der Waals surface area contributed by atoms with Crippen LogP contribution in [0.1, 0.15) is 12.0 Å². The van der Waals surface area contributed by atoms with E-state index in [9.17, 15) is 14.0 Å². The van der Waals surface area contributed by atoms with E-state index >= 15 is 0 Å². The maximum absolute atomic E-state index is 13.3. The molecule has 3 aromatic rings. The summed E-state index contributed by atoms with van der Waals surface area (Å²) in [7, 11) is 1.53. The van der Waals surface area contributed by atoms with Crippen molar-refractivity contribution >= 4 is 51.7 Å². The van der Waals surface area contributed by atoms with E-state index in [1.807, 2.05) is 6.07 Å². The molecule has 1 N–H and O–H groups in total. The van der Waals surface area contributed by atoms with Crippen LogP contribution < -0.4 is 10.1 Å². The number of thioether (sulfide) groups is 1. The van der Waals surface area contributed by atoms with Crippen molar-refractivity contribution in [1.29, 1.82) is 0 Å². The largest absolute Gasteiger partial charge is 0.495 e. The van der Waals surface area contributed by atoms with Crippen LogP contribution in [-0.4, -0.2) is 40.8 Å². The summed E-state index contributed by atoms with van der Waals surface area (Å²) >= 11 is 7.22. The van der Waals surface area contributed by atoms with Gasteiger partial charge in [0.15, 0.2) is 5.17 Å². The first-order valence-corrected chi connectivity index (χ1v) is 12.2. The molecule has 0 aliphatic carbocycles. The monoisotopic (exact) mass is 511 g/mol. The van der Waals surface area contributed by atoms with Crippen molar-refractivity contribution in [2.75, 3.05) is 19.0 Å². The van der Waals surface area contributed by atoms with Gasteiger partial charge in [0.25, 0.3) is 0 Å². The number of nitrogens with zero attached hydrogens (tertiary/aromatic N) is 2. The van der Waals surface area contributed by atoms with Crippen LogP contribution >= 0.6 is 23.4 Å². The van der Waals surface area contributed by atoms with Crippen LogP contribution in [0.2, 0.25) is 5.02 Å². The van der Waals surface area contributed by atoms with Gasteiger partial charge in [-0.3, -0.25) is 14.5 Å². The first kappa shape index (κ1) is 24.8. The van der Waals surface area contributed by atoms with Crippen LogP contribution in [0.3, 0.4) is 0 Å². The number of amides is 2. The molecule has 1 aliphatic heterocycles. The van der Waals surface area contributed by atoms with Crippen LogP contribution in [0.25, 0.3) is 0 Å². The lowest BCUT2D eigenvalue weighted by molar-refractivity contribution is -0.129. The molecule has 9 heteroatoms. The van der Waals surface area contributed by atoms with Crippen molar-refractivity contribution < 1.29 is 18.7 Å². The third-order valence-electron chi connectivity index (χ3n) is 5.39. The number of hydrogen-bond donors (Lipinski definition) is 1. The third kappa shape index (κ3) is 6.41. The zero-order valence-electron chi connectivity index (χ0n) is 18.9. The minimum atomic E-state index is -0.666. The minimum absolute atomic E-state index is 0.0225. The Labute approximate surface area is 212 Å². The van der Waals surface area contributed by atoms with Crippen molar-refractivity contribution in [2.24, 2.45) is 4.99 Å². The molecule has 3 aromatic carbocycles. The Morgan fingerprint density at radius 2 is 1.86 bits per heavy atom. The van der Waals surface area contributed by atoms with E-state index in [-0.39, 0.29) is 24.1 Å². The SMILES string of the molecule is COc1ccccc1NC(=O)[C@H]1CC(=O)N(CCc2ccc(F)cc2)C(=Nc2ccc(Cl)cc2)S1. The third-order valence-corrected chi connectivity index (χ3v) is 6.83. The summed E-state index contributed by atoms with van der Waals surface area (Å²) in [5.41, 5.74) is 2.04. The number of rotatable bonds is 7. The predicted octanol–water partition coefficient (Wildman–Crippen LogP) is 5.69. The minimum Gasteiger partial charge on any atom is -0.495 e. The van der Waals surface area contributed by atoms with Crippen molar-refractivity contribution in [3.05, 3.63) is 89.2 Å². The molecule has 1 heterocycles. The summed E-state index contributed by atoms with van der Waals surface area (Å²) in [5.74, 6) is -0.301. The van der Waals surface area contributed by atoms with Crippen molar-refractivity contribution in [1.82, 2.24) is 4.90 Å². The molecule has 0 aromatic heterocycles. The van der Waals surface area contributed by atoms with Crippen LogP contribution in [0.4, 0.5) is 15.8 Å².